The summed E-state index contributed by atoms with van der Waals surface area (Å²) in [6.07, 6.45) is 7.48. The highest BCUT2D eigenvalue weighted by atomic mass is 127. The van der Waals surface area contributed by atoms with E-state index < -0.39 is 0 Å². The van der Waals surface area contributed by atoms with E-state index in [9.17, 15) is 0 Å². The number of hydrogen-bond donors (Lipinski definition) is 0. The van der Waals surface area contributed by atoms with Crippen molar-refractivity contribution >= 4 is 28.4 Å². The molecule has 0 saturated carbocycles. The minimum absolute atomic E-state index is 0.805. The van der Waals surface area contributed by atoms with Gasteiger partial charge in [-0.1, -0.05) is 13.8 Å². The quantitative estimate of drug-likeness (QED) is 0.770. The van der Waals surface area contributed by atoms with Crippen LogP contribution < -0.4 is 4.90 Å². The third-order valence-corrected chi connectivity index (χ3v) is 4.42. The Hall–Kier alpha value is -0.390. The van der Waals surface area contributed by atoms with Crippen LogP contribution in [0.15, 0.2) is 12.5 Å². The van der Waals surface area contributed by atoms with Crippen LogP contribution in [0.25, 0.3) is 0 Å². The summed E-state index contributed by atoms with van der Waals surface area (Å²) < 4.78 is 1.16. The number of hydrogen-bond acceptors (Lipinski definition) is 3. The minimum Gasteiger partial charge on any atom is -0.356 e. The molecule has 4 heteroatoms. The fourth-order valence-electron chi connectivity index (χ4n) is 2.54. The minimum atomic E-state index is 0.805. The smallest absolute Gasteiger partial charge is 0.145 e. The molecule has 1 unspecified atom stereocenters. The first-order chi connectivity index (χ1) is 8.18. The van der Waals surface area contributed by atoms with Crippen molar-refractivity contribution in [1.29, 1.82) is 0 Å². The maximum atomic E-state index is 4.42. The van der Waals surface area contributed by atoms with Gasteiger partial charge in [-0.3, -0.25) is 0 Å². The largest absolute Gasteiger partial charge is 0.356 e. The van der Waals surface area contributed by atoms with Crippen LogP contribution in [-0.2, 0) is 0 Å². The van der Waals surface area contributed by atoms with Crippen molar-refractivity contribution in [2.45, 2.75) is 33.1 Å². The summed E-state index contributed by atoms with van der Waals surface area (Å²) >= 11 is 2.33. The molecule has 2 rings (SSSR count). The van der Waals surface area contributed by atoms with Crippen LogP contribution in [0.3, 0.4) is 0 Å². The van der Waals surface area contributed by atoms with Crippen molar-refractivity contribution in [3.05, 3.63) is 16.1 Å². The van der Waals surface area contributed by atoms with Crippen LogP contribution >= 0.6 is 22.6 Å². The lowest BCUT2D eigenvalue weighted by Gasteiger charge is -2.23. The zero-order valence-corrected chi connectivity index (χ0v) is 12.7. The zero-order chi connectivity index (χ0) is 12.3. The van der Waals surface area contributed by atoms with Crippen molar-refractivity contribution in [3.8, 4) is 0 Å². The summed E-state index contributed by atoms with van der Waals surface area (Å²) in [5.74, 6) is 2.80. The van der Waals surface area contributed by atoms with Crippen LogP contribution in [0.2, 0.25) is 0 Å². The van der Waals surface area contributed by atoms with Gasteiger partial charge < -0.3 is 4.90 Å². The normalized spacial score (nSPS) is 21.6. The summed E-state index contributed by atoms with van der Waals surface area (Å²) in [5, 5.41) is 0. The molecule has 17 heavy (non-hydrogen) atoms. The van der Waals surface area contributed by atoms with Gasteiger partial charge in [-0.2, -0.15) is 0 Å². The standard InChI is InChI=1S/C13H20IN3/c1-10(2)11-4-3-6-17(7-5-11)13-12(14)8-15-9-16-13/h8-11H,3-7H2,1-2H3. The van der Waals surface area contributed by atoms with Gasteiger partial charge >= 0.3 is 0 Å². The summed E-state index contributed by atoms with van der Waals surface area (Å²) in [5.41, 5.74) is 0. The highest BCUT2D eigenvalue weighted by Gasteiger charge is 2.21. The van der Waals surface area contributed by atoms with Gasteiger partial charge in [-0.15, -0.1) is 0 Å². The van der Waals surface area contributed by atoms with E-state index in [1.807, 2.05) is 6.20 Å². The number of aromatic nitrogens is 2. The van der Waals surface area contributed by atoms with Crippen LogP contribution in [-0.4, -0.2) is 23.1 Å². The second-order valence-corrected chi connectivity index (χ2v) is 6.28. The van der Waals surface area contributed by atoms with Gasteiger partial charge in [0.1, 0.15) is 12.1 Å². The Morgan fingerprint density at radius 2 is 2.18 bits per heavy atom. The van der Waals surface area contributed by atoms with Gasteiger partial charge in [0.2, 0.25) is 0 Å². The molecule has 0 spiro atoms. The van der Waals surface area contributed by atoms with Crippen molar-refractivity contribution in [2.24, 2.45) is 11.8 Å². The Balaban J connectivity index is 2.07. The van der Waals surface area contributed by atoms with E-state index in [0.29, 0.717) is 0 Å². The maximum absolute atomic E-state index is 4.42. The lowest BCUT2D eigenvalue weighted by molar-refractivity contribution is 0.351. The molecule has 1 atom stereocenters. The molecule has 1 fully saturated rings. The van der Waals surface area contributed by atoms with E-state index in [1.54, 1.807) is 6.33 Å². The molecule has 2 heterocycles. The molecule has 1 saturated heterocycles. The number of nitrogens with zero attached hydrogens (tertiary/aromatic N) is 3. The van der Waals surface area contributed by atoms with E-state index in [4.69, 9.17) is 0 Å². The molecule has 0 aromatic carbocycles. The molecule has 1 aromatic heterocycles. The lowest BCUT2D eigenvalue weighted by Crippen LogP contribution is -2.26. The monoisotopic (exact) mass is 345 g/mol. The Kier molecular flexibility index (Phi) is 4.59. The maximum Gasteiger partial charge on any atom is 0.145 e. The first kappa shape index (κ1) is 13.1. The molecule has 94 valence electrons. The molecule has 0 radical (unpaired) electrons. The van der Waals surface area contributed by atoms with Crippen molar-refractivity contribution in [2.75, 3.05) is 18.0 Å². The predicted octanol–water partition coefficient (Wildman–Crippen LogP) is 3.34. The van der Waals surface area contributed by atoms with Gasteiger partial charge in [-0.05, 0) is 53.7 Å². The second-order valence-electron chi connectivity index (χ2n) is 5.12. The third-order valence-electron chi connectivity index (χ3n) is 3.66. The molecule has 1 aliphatic heterocycles. The molecular formula is C13H20IN3. The molecule has 0 amide bonds. The first-order valence-corrected chi connectivity index (χ1v) is 7.47. The summed E-state index contributed by atoms with van der Waals surface area (Å²) in [7, 11) is 0. The van der Waals surface area contributed by atoms with Crippen LogP contribution in [0, 0.1) is 15.4 Å². The second kappa shape index (κ2) is 5.98. The van der Waals surface area contributed by atoms with Crippen molar-refractivity contribution < 1.29 is 0 Å². The lowest BCUT2D eigenvalue weighted by atomic mass is 9.89. The van der Waals surface area contributed by atoms with E-state index in [2.05, 4.69) is 51.3 Å². The SMILES string of the molecule is CC(C)C1CCCN(c2ncncc2I)CC1. The van der Waals surface area contributed by atoms with Gasteiger partial charge in [0.25, 0.3) is 0 Å². The van der Waals surface area contributed by atoms with E-state index in [-0.39, 0.29) is 0 Å². The molecule has 0 N–H and O–H groups in total. The van der Waals surface area contributed by atoms with Gasteiger partial charge in [0.05, 0.1) is 3.57 Å². The van der Waals surface area contributed by atoms with Gasteiger partial charge in [-0.25, -0.2) is 9.97 Å². The molecular weight excluding hydrogens is 325 g/mol. The Morgan fingerprint density at radius 3 is 2.88 bits per heavy atom. The predicted molar refractivity (Wildman–Crippen MR) is 79.1 cm³/mol. The Labute approximate surface area is 117 Å². The number of halogens is 1. The molecule has 1 aromatic rings. The third kappa shape index (κ3) is 3.30. The Bertz CT molecular complexity index is 367. The van der Waals surface area contributed by atoms with Gasteiger partial charge in [0.15, 0.2) is 0 Å². The summed E-state index contributed by atoms with van der Waals surface area (Å²) in [4.78, 5) is 10.9. The molecule has 0 aliphatic carbocycles. The van der Waals surface area contributed by atoms with Gasteiger partial charge in [0, 0.05) is 19.3 Å². The fourth-order valence-corrected chi connectivity index (χ4v) is 3.18. The summed E-state index contributed by atoms with van der Waals surface area (Å²) in [6, 6.07) is 0. The van der Waals surface area contributed by atoms with Crippen LogP contribution in [0.4, 0.5) is 5.82 Å². The van der Waals surface area contributed by atoms with E-state index in [0.717, 1.165) is 34.3 Å². The number of anilines is 1. The first-order valence-electron chi connectivity index (χ1n) is 6.39. The van der Waals surface area contributed by atoms with Crippen LogP contribution in [0.1, 0.15) is 33.1 Å². The number of rotatable bonds is 2. The highest BCUT2D eigenvalue weighted by molar-refractivity contribution is 14.1. The highest BCUT2D eigenvalue weighted by Crippen LogP contribution is 2.27. The van der Waals surface area contributed by atoms with Crippen LogP contribution in [0.5, 0.6) is 0 Å². The van der Waals surface area contributed by atoms with E-state index in [1.165, 1.54) is 19.3 Å². The zero-order valence-electron chi connectivity index (χ0n) is 10.6. The average molecular weight is 345 g/mol. The Morgan fingerprint density at radius 1 is 1.35 bits per heavy atom. The fraction of sp³-hybridized carbons (Fsp3) is 0.692. The van der Waals surface area contributed by atoms with Crippen molar-refractivity contribution in [1.82, 2.24) is 9.97 Å². The molecule has 0 bridgehead atoms. The average Bonchev–Trinajstić information content (AvgIpc) is 2.55. The van der Waals surface area contributed by atoms with E-state index >= 15 is 0 Å². The molecule has 1 aliphatic rings. The topological polar surface area (TPSA) is 29.0 Å². The summed E-state index contributed by atoms with van der Waals surface area (Å²) in [6.45, 7) is 6.95. The van der Waals surface area contributed by atoms with Crippen molar-refractivity contribution in [3.63, 3.8) is 0 Å². The molecule has 3 nitrogen and oxygen atoms in total.